The van der Waals surface area contributed by atoms with E-state index in [1.165, 1.54) is 12.2 Å². The van der Waals surface area contributed by atoms with Gasteiger partial charge in [-0.05, 0) is 43.8 Å². The molecule has 1 aromatic carbocycles. The topological polar surface area (TPSA) is 116 Å². The van der Waals surface area contributed by atoms with Gasteiger partial charge in [0.25, 0.3) is 5.91 Å². The number of sulfonamides is 1. The van der Waals surface area contributed by atoms with Gasteiger partial charge in [0.2, 0.25) is 10.0 Å². The predicted molar refractivity (Wildman–Crippen MR) is 145 cm³/mol. The van der Waals surface area contributed by atoms with Gasteiger partial charge in [-0.2, -0.15) is 5.10 Å². The number of aromatic nitrogens is 3. The summed E-state index contributed by atoms with van der Waals surface area (Å²) in [6.07, 6.45) is 9.82. The van der Waals surface area contributed by atoms with Crippen molar-refractivity contribution in [3.8, 4) is 11.6 Å². The second-order valence-electron chi connectivity index (χ2n) is 8.49. The lowest BCUT2D eigenvalue weighted by Crippen LogP contribution is -2.30. The predicted octanol–water partition coefficient (Wildman–Crippen LogP) is 3.06. The first kappa shape index (κ1) is 28.0. The molecule has 1 amide bonds. The average molecular weight is 530 g/mol. The van der Waals surface area contributed by atoms with E-state index in [0.29, 0.717) is 30.2 Å². The summed E-state index contributed by atoms with van der Waals surface area (Å²) in [4.78, 5) is 12.4. The van der Waals surface area contributed by atoms with Crippen LogP contribution in [0.25, 0.3) is 22.8 Å². The van der Waals surface area contributed by atoms with Gasteiger partial charge in [-0.3, -0.25) is 9.48 Å². The number of methoxy groups -OCH3 is 1. The van der Waals surface area contributed by atoms with E-state index in [9.17, 15) is 13.2 Å². The van der Waals surface area contributed by atoms with Crippen molar-refractivity contribution in [2.45, 2.75) is 26.7 Å². The van der Waals surface area contributed by atoms with Gasteiger partial charge in [0.1, 0.15) is 18.2 Å². The fraction of sp³-hybridized carbons (Fsp3) is 0.385. The third kappa shape index (κ3) is 7.70. The lowest BCUT2D eigenvalue weighted by atomic mass is 10.2. The number of fused-ring (bicyclic) bond motifs is 1. The van der Waals surface area contributed by atoms with Crippen LogP contribution < -0.4 is 14.8 Å². The second-order valence-corrected chi connectivity index (χ2v) is 10.3. The van der Waals surface area contributed by atoms with Gasteiger partial charge in [0, 0.05) is 50.0 Å². The molecular formula is C26H35N5O5S. The zero-order valence-corrected chi connectivity index (χ0v) is 22.5. The van der Waals surface area contributed by atoms with Crippen LogP contribution in [0.5, 0.6) is 5.75 Å². The van der Waals surface area contributed by atoms with Gasteiger partial charge in [0.15, 0.2) is 0 Å². The number of carbonyl (C=O) groups excluding carboxylic acids is 1. The number of hydrogen-bond donors (Lipinski definition) is 2. The van der Waals surface area contributed by atoms with E-state index >= 15 is 0 Å². The van der Waals surface area contributed by atoms with Gasteiger partial charge in [-0.25, -0.2) is 13.1 Å². The molecule has 0 saturated heterocycles. The molecule has 0 bridgehead atoms. The fourth-order valence-electron chi connectivity index (χ4n) is 3.78. The summed E-state index contributed by atoms with van der Waals surface area (Å²) in [5, 5.41) is 8.54. The lowest BCUT2D eigenvalue weighted by molar-refractivity contribution is -0.114. The maximum absolute atomic E-state index is 12.4. The molecule has 0 aliphatic carbocycles. The molecule has 3 aromatic rings. The van der Waals surface area contributed by atoms with Crippen LogP contribution >= 0.6 is 0 Å². The minimum absolute atomic E-state index is 0.299. The van der Waals surface area contributed by atoms with Gasteiger partial charge < -0.3 is 19.4 Å². The summed E-state index contributed by atoms with van der Waals surface area (Å²) >= 11 is 0. The Bertz CT molecular complexity index is 1370. The summed E-state index contributed by atoms with van der Waals surface area (Å²) in [7, 11) is -0.368. The number of nitrogens with zero attached hydrogens (tertiary/aromatic N) is 3. The Kier molecular flexibility index (Phi) is 9.93. The molecule has 3 rings (SSSR count). The summed E-state index contributed by atoms with van der Waals surface area (Å²) in [6, 6.07) is 7.79. The van der Waals surface area contributed by atoms with E-state index in [2.05, 4.69) is 22.1 Å². The highest BCUT2D eigenvalue weighted by Crippen LogP contribution is 2.28. The van der Waals surface area contributed by atoms with Crippen LogP contribution in [0.15, 0.2) is 48.8 Å². The first-order valence-corrected chi connectivity index (χ1v) is 13.8. The molecule has 0 saturated carbocycles. The van der Waals surface area contributed by atoms with Gasteiger partial charge in [-0.1, -0.05) is 19.4 Å². The number of aryl methyl sites for hydroxylation is 2. The normalized spacial score (nSPS) is 12.1. The number of carbonyl (C=O) groups is 1. The molecule has 0 aliphatic rings. The van der Waals surface area contributed by atoms with Crippen molar-refractivity contribution >= 4 is 32.9 Å². The van der Waals surface area contributed by atoms with E-state index in [4.69, 9.17) is 9.47 Å². The molecule has 0 unspecified atom stereocenters. The number of ether oxygens (including phenoxy) is 2. The largest absolute Gasteiger partial charge is 0.491 e. The van der Waals surface area contributed by atoms with Crippen molar-refractivity contribution in [2.75, 3.05) is 32.6 Å². The highest BCUT2D eigenvalue weighted by molar-refractivity contribution is 7.90. The third-order valence-corrected chi connectivity index (χ3v) is 6.71. The molecule has 37 heavy (non-hydrogen) atoms. The Hall–Kier alpha value is -3.57. The quantitative estimate of drug-likeness (QED) is 0.244. The van der Waals surface area contributed by atoms with Crippen LogP contribution in [-0.2, 0) is 26.6 Å². The molecule has 0 aliphatic heterocycles. The van der Waals surface area contributed by atoms with Crippen LogP contribution in [-0.4, -0.2) is 61.3 Å². The molecule has 0 spiro atoms. The van der Waals surface area contributed by atoms with Crippen molar-refractivity contribution in [2.24, 2.45) is 7.05 Å². The molecule has 2 N–H and O–H groups in total. The maximum atomic E-state index is 12.4. The van der Waals surface area contributed by atoms with E-state index < -0.39 is 15.9 Å². The van der Waals surface area contributed by atoms with Crippen LogP contribution in [0, 0.1) is 6.92 Å². The average Bonchev–Trinajstić information content (AvgIpc) is 3.38. The molecular weight excluding hydrogens is 494 g/mol. The summed E-state index contributed by atoms with van der Waals surface area (Å²) in [6.45, 7) is 5.60. The number of nitrogens with one attached hydrogen (secondary N) is 2. The SMILES string of the molecule is CCCCNC=CCS(=O)(=O)NC(=O)/C=C/c1c(C)nn(C)c1-n1ccc2ccc(OCCOC)cc21. The number of hydrogen-bond acceptors (Lipinski definition) is 7. The molecule has 0 fully saturated rings. The van der Waals surface area contributed by atoms with Crippen molar-refractivity contribution in [3.63, 3.8) is 0 Å². The highest BCUT2D eigenvalue weighted by Gasteiger charge is 2.17. The van der Waals surface area contributed by atoms with Crippen LogP contribution in [0.4, 0.5) is 0 Å². The standard InChI is InChI=1S/C26H35N5O5S/c1-5-6-13-27-14-7-18-37(33,34)29-25(32)11-10-23-20(2)28-30(3)26(23)31-15-12-21-8-9-22(19-24(21)31)36-17-16-35-4/h7-12,14-15,19,27H,5-6,13,16-18H2,1-4H3,(H,29,32)/b11-10+,14-7?. The number of amides is 1. The van der Waals surface area contributed by atoms with Crippen LogP contribution in [0.3, 0.4) is 0 Å². The van der Waals surface area contributed by atoms with Gasteiger partial charge in [0.05, 0.1) is 23.6 Å². The molecule has 10 nitrogen and oxygen atoms in total. The zero-order chi connectivity index (χ0) is 26.8. The monoisotopic (exact) mass is 529 g/mol. The first-order chi connectivity index (χ1) is 17.8. The molecule has 200 valence electrons. The highest BCUT2D eigenvalue weighted by atomic mass is 32.2. The van der Waals surface area contributed by atoms with E-state index in [0.717, 1.165) is 36.1 Å². The van der Waals surface area contributed by atoms with Gasteiger partial charge >= 0.3 is 0 Å². The Morgan fingerprint density at radius 3 is 2.78 bits per heavy atom. The van der Waals surface area contributed by atoms with Crippen LogP contribution in [0.2, 0.25) is 0 Å². The minimum atomic E-state index is -3.81. The lowest BCUT2D eigenvalue weighted by Gasteiger charge is -2.10. The van der Waals surface area contributed by atoms with Gasteiger partial charge in [-0.15, -0.1) is 0 Å². The van der Waals surface area contributed by atoms with Crippen molar-refractivity contribution in [3.05, 3.63) is 60.1 Å². The number of benzene rings is 1. The zero-order valence-electron chi connectivity index (χ0n) is 21.7. The number of unbranched alkanes of at least 4 members (excludes halogenated alkanes) is 1. The molecule has 2 heterocycles. The summed E-state index contributed by atoms with van der Waals surface area (Å²) < 4.78 is 41.1. The fourth-order valence-corrected chi connectivity index (χ4v) is 4.58. The van der Waals surface area contributed by atoms with Crippen LogP contribution in [0.1, 0.15) is 31.0 Å². The molecule has 11 heteroatoms. The molecule has 2 aromatic heterocycles. The van der Waals surface area contributed by atoms with Crippen molar-refractivity contribution in [1.82, 2.24) is 24.4 Å². The Morgan fingerprint density at radius 1 is 1.22 bits per heavy atom. The summed E-state index contributed by atoms with van der Waals surface area (Å²) in [5.41, 5.74) is 2.29. The first-order valence-electron chi connectivity index (χ1n) is 12.1. The summed E-state index contributed by atoms with van der Waals surface area (Å²) in [5.74, 6) is 0.412. The minimum Gasteiger partial charge on any atom is -0.491 e. The third-order valence-electron chi connectivity index (χ3n) is 5.57. The van der Waals surface area contributed by atoms with Crippen molar-refractivity contribution in [1.29, 1.82) is 0 Å². The second kappa shape index (κ2) is 13.1. The Balaban J connectivity index is 1.78. The molecule has 0 radical (unpaired) electrons. The van der Waals surface area contributed by atoms with Crippen molar-refractivity contribution < 1.29 is 22.7 Å². The number of rotatable bonds is 14. The maximum Gasteiger partial charge on any atom is 0.257 e. The van der Waals surface area contributed by atoms with E-state index in [1.807, 2.05) is 49.0 Å². The van der Waals surface area contributed by atoms with E-state index in [1.54, 1.807) is 24.1 Å². The Morgan fingerprint density at radius 2 is 2.03 bits per heavy atom. The smallest absolute Gasteiger partial charge is 0.257 e. The molecule has 0 atom stereocenters. The Labute approximate surface area is 218 Å². The van der Waals surface area contributed by atoms with E-state index in [-0.39, 0.29) is 5.75 Å².